The van der Waals surface area contributed by atoms with Gasteiger partial charge in [0.1, 0.15) is 11.9 Å². The summed E-state index contributed by atoms with van der Waals surface area (Å²) in [6.45, 7) is 2.23. The van der Waals surface area contributed by atoms with Gasteiger partial charge in [-0.15, -0.1) is 0 Å². The molecule has 124 valence electrons. The van der Waals surface area contributed by atoms with E-state index in [4.69, 9.17) is 0 Å². The Kier molecular flexibility index (Phi) is 5.12. The maximum atomic E-state index is 11.9. The largest absolute Gasteiger partial charge is 0.309 e. The van der Waals surface area contributed by atoms with Crippen LogP contribution < -0.4 is 0 Å². The van der Waals surface area contributed by atoms with Crippen molar-refractivity contribution in [3.63, 3.8) is 0 Å². The minimum atomic E-state index is -3.39. The normalized spacial score (nSPS) is 11.8. The molecule has 0 aliphatic rings. The Balaban J connectivity index is 2.10. The van der Waals surface area contributed by atoms with Crippen LogP contribution in [0.4, 0.5) is 5.69 Å². The summed E-state index contributed by atoms with van der Waals surface area (Å²) in [5, 5.41) is 14.9. The van der Waals surface area contributed by atoms with Crippen molar-refractivity contribution in [2.45, 2.75) is 20.0 Å². The van der Waals surface area contributed by atoms with Gasteiger partial charge in [0, 0.05) is 13.1 Å². The molecule has 2 aromatic rings. The number of nitro groups is 1. The van der Waals surface area contributed by atoms with Crippen LogP contribution in [-0.2, 0) is 23.1 Å². The summed E-state index contributed by atoms with van der Waals surface area (Å²) in [4.78, 5) is 10.3. The molecule has 1 aromatic heterocycles. The summed E-state index contributed by atoms with van der Waals surface area (Å²) in [6, 6.07) is 9.24. The number of hydrogen-bond donors (Lipinski definition) is 0. The maximum Gasteiger partial charge on any atom is 0.309 e. The van der Waals surface area contributed by atoms with Gasteiger partial charge in [-0.25, -0.2) is 8.42 Å². The Hall–Kier alpha value is -2.26. The van der Waals surface area contributed by atoms with E-state index in [1.807, 2.05) is 30.3 Å². The summed E-state index contributed by atoms with van der Waals surface area (Å²) < 4.78 is 26.6. The van der Waals surface area contributed by atoms with Crippen molar-refractivity contribution in [2.24, 2.45) is 0 Å². The summed E-state index contributed by atoms with van der Waals surface area (Å²) in [7, 11) is -3.39. The van der Waals surface area contributed by atoms with Gasteiger partial charge < -0.3 is 0 Å². The molecular weight excluding hydrogens is 320 g/mol. The fraction of sp³-hybridized carbons (Fsp3) is 0.357. The summed E-state index contributed by atoms with van der Waals surface area (Å²) >= 11 is 0. The fourth-order valence-corrected chi connectivity index (χ4v) is 2.96. The minimum absolute atomic E-state index is 0.0704. The van der Waals surface area contributed by atoms with Crippen LogP contribution in [0.5, 0.6) is 0 Å². The smallest absolute Gasteiger partial charge is 0.264 e. The first kappa shape index (κ1) is 17.1. The van der Waals surface area contributed by atoms with E-state index in [1.54, 1.807) is 6.92 Å². The van der Waals surface area contributed by atoms with Crippen LogP contribution >= 0.6 is 0 Å². The quantitative estimate of drug-likeness (QED) is 0.563. The molecule has 0 unspecified atom stereocenters. The highest BCUT2D eigenvalue weighted by Crippen LogP contribution is 2.15. The molecule has 0 atom stereocenters. The molecule has 23 heavy (non-hydrogen) atoms. The molecule has 0 fully saturated rings. The summed E-state index contributed by atoms with van der Waals surface area (Å²) in [5.41, 5.74) is 1.11. The highest BCUT2D eigenvalue weighted by Gasteiger charge is 2.19. The van der Waals surface area contributed by atoms with Crippen LogP contribution in [0.2, 0.25) is 0 Å². The van der Waals surface area contributed by atoms with E-state index in [2.05, 4.69) is 5.10 Å². The average molecular weight is 338 g/mol. The molecule has 0 aliphatic carbocycles. The molecule has 1 aromatic carbocycles. The van der Waals surface area contributed by atoms with E-state index in [-0.39, 0.29) is 25.3 Å². The third kappa shape index (κ3) is 4.60. The lowest BCUT2D eigenvalue weighted by molar-refractivity contribution is -0.385. The Bertz CT molecular complexity index is 786. The second kappa shape index (κ2) is 6.88. The highest BCUT2D eigenvalue weighted by molar-refractivity contribution is 7.88. The zero-order chi connectivity index (χ0) is 17.0. The van der Waals surface area contributed by atoms with E-state index in [1.165, 1.54) is 15.2 Å². The van der Waals surface area contributed by atoms with Crippen LogP contribution in [0.15, 0.2) is 36.5 Å². The van der Waals surface area contributed by atoms with Gasteiger partial charge >= 0.3 is 5.69 Å². The minimum Gasteiger partial charge on any atom is -0.264 e. The predicted molar refractivity (Wildman–Crippen MR) is 85.3 cm³/mol. The molecule has 0 saturated carbocycles. The topological polar surface area (TPSA) is 98.3 Å². The Morgan fingerprint density at radius 3 is 2.48 bits per heavy atom. The fourth-order valence-electron chi connectivity index (χ4n) is 2.16. The predicted octanol–water partition coefficient (Wildman–Crippen LogP) is 1.56. The lowest BCUT2D eigenvalue weighted by atomic mass is 10.2. The number of sulfonamides is 1. The molecule has 0 radical (unpaired) electrons. The van der Waals surface area contributed by atoms with Crippen molar-refractivity contribution in [1.29, 1.82) is 0 Å². The summed E-state index contributed by atoms with van der Waals surface area (Å²) in [6.07, 6.45) is 2.46. The standard InChI is InChI=1S/C14H18N4O4S/c1-12-14(18(19)20)11-16(15-12)8-9-17(23(2,21)22)10-13-6-4-3-5-7-13/h3-7,11H,8-10H2,1-2H3. The summed E-state index contributed by atoms with van der Waals surface area (Å²) in [5.74, 6) is 0. The average Bonchev–Trinajstić information content (AvgIpc) is 2.84. The number of aromatic nitrogens is 2. The molecule has 0 N–H and O–H groups in total. The van der Waals surface area contributed by atoms with Gasteiger partial charge in [-0.2, -0.15) is 9.40 Å². The van der Waals surface area contributed by atoms with Gasteiger partial charge in [-0.05, 0) is 12.5 Å². The van der Waals surface area contributed by atoms with Crippen molar-refractivity contribution in [2.75, 3.05) is 12.8 Å². The number of aryl methyl sites for hydroxylation is 1. The molecule has 2 rings (SSSR count). The number of nitrogens with zero attached hydrogens (tertiary/aromatic N) is 4. The molecule has 0 aliphatic heterocycles. The van der Waals surface area contributed by atoms with Crippen molar-refractivity contribution >= 4 is 15.7 Å². The first-order chi connectivity index (χ1) is 10.8. The molecule has 0 amide bonds. The maximum absolute atomic E-state index is 11.9. The number of hydrogen-bond acceptors (Lipinski definition) is 5. The Labute approximate surface area is 134 Å². The second-order valence-electron chi connectivity index (χ2n) is 5.20. The van der Waals surface area contributed by atoms with Gasteiger partial charge in [0.25, 0.3) is 0 Å². The van der Waals surface area contributed by atoms with Crippen LogP contribution in [0.1, 0.15) is 11.3 Å². The molecule has 0 bridgehead atoms. The molecule has 0 saturated heterocycles. The van der Waals surface area contributed by atoms with E-state index in [0.717, 1.165) is 11.8 Å². The van der Waals surface area contributed by atoms with E-state index in [9.17, 15) is 18.5 Å². The second-order valence-corrected chi connectivity index (χ2v) is 7.18. The van der Waals surface area contributed by atoms with Gasteiger partial charge in [-0.3, -0.25) is 14.8 Å². The third-order valence-corrected chi connectivity index (χ3v) is 4.62. The molecule has 1 heterocycles. The molecule has 8 nitrogen and oxygen atoms in total. The lowest BCUT2D eigenvalue weighted by Gasteiger charge is -2.19. The number of rotatable bonds is 7. The molecule has 9 heteroatoms. The van der Waals surface area contributed by atoms with E-state index in [0.29, 0.717) is 5.69 Å². The highest BCUT2D eigenvalue weighted by atomic mass is 32.2. The van der Waals surface area contributed by atoms with Gasteiger partial charge in [0.15, 0.2) is 0 Å². The van der Waals surface area contributed by atoms with E-state index < -0.39 is 14.9 Å². The van der Waals surface area contributed by atoms with Crippen molar-refractivity contribution < 1.29 is 13.3 Å². The van der Waals surface area contributed by atoms with Crippen LogP contribution in [-0.4, -0.2) is 40.2 Å². The van der Waals surface area contributed by atoms with Gasteiger partial charge in [0.2, 0.25) is 10.0 Å². The first-order valence-electron chi connectivity index (χ1n) is 6.95. The monoisotopic (exact) mass is 338 g/mol. The van der Waals surface area contributed by atoms with Crippen LogP contribution in [0.25, 0.3) is 0 Å². The van der Waals surface area contributed by atoms with Gasteiger partial charge in [0.05, 0.1) is 17.7 Å². The van der Waals surface area contributed by atoms with Crippen molar-refractivity contribution in [1.82, 2.24) is 14.1 Å². The molecule has 0 spiro atoms. The van der Waals surface area contributed by atoms with E-state index >= 15 is 0 Å². The first-order valence-corrected chi connectivity index (χ1v) is 8.79. The van der Waals surface area contributed by atoms with Gasteiger partial charge in [-0.1, -0.05) is 30.3 Å². The SMILES string of the molecule is Cc1nn(CCN(Cc2ccccc2)S(C)(=O)=O)cc1[N+](=O)[O-]. The lowest BCUT2D eigenvalue weighted by Crippen LogP contribution is -2.32. The zero-order valence-corrected chi connectivity index (χ0v) is 13.7. The van der Waals surface area contributed by atoms with Crippen molar-refractivity contribution in [3.8, 4) is 0 Å². The third-order valence-electron chi connectivity index (χ3n) is 3.37. The van der Waals surface area contributed by atoms with Crippen molar-refractivity contribution in [3.05, 3.63) is 57.9 Å². The Morgan fingerprint density at radius 2 is 1.96 bits per heavy atom. The number of benzene rings is 1. The molecular formula is C14H18N4O4S. The van der Waals surface area contributed by atoms with Crippen LogP contribution in [0, 0.1) is 17.0 Å². The Morgan fingerprint density at radius 1 is 1.30 bits per heavy atom. The zero-order valence-electron chi connectivity index (χ0n) is 12.9. The van der Waals surface area contributed by atoms with Crippen LogP contribution in [0.3, 0.4) is 0 Å².